The van der Waals surface area contributed by atoms with Crippen LogP contribution in [0.1, 0.15) is 63.9 Å². The number of pyridine rings is 1. The van der Waals surface area contributed by atoms with Crippen LogP contribution in [-0.2, 0) is 4.74 Å². The topological polar surface area (TPSA) is 78.1 Å². The first-order valence-electron chi connectivity index (χ1n) is 9.43. The molecule has 27 heavy (non-hydrogen) atoms. The number of methoxy groups -OCH3 is 1. The van der Waals surface area contributed by atoms with Crippen molar-refractivity contribution < 1.29 is 14.3 Å². The van der Waals surface area contributed by atoms with Crippen LogP contribution in [0.4, 0.5) is 4.79 Å². The van der Waals surface area contributed by atoms with E-state index in [2.05, 4.69) is 19.6 Å². The SMILES string of the molecule is COc1cc(C)n2c([C@H]3CCCC(/C=N/C(=O)OC(C)(C)C)C3)nnc2c1. The summed E-state index contributed by atoms with van der Waals surface area (Å²) in [5.41, 5.74) is 1.32. The Morgan fingerprint density at radius 2 is 2.07 bits per heavy atom. The van der Waals surface area contributed by atoms with Gasteiger partial charge in [-0.1, -0.05) is 6.42 Å². The number of nitrogens with zero attached hydrogens (tertiary/aromatic N) is 4. The van der Waals surface area contributed by atoms with E-state index < -0.39 is 11.7 Å². The van der Waals surface area contributed by atoms with Gasteiger partial charge in [0.15, 0.2) is 5.65 Å². The van der Waals surface area contributed by atoms with Crippen molar-refractivity contribution in [2.45, 2.75) is 64.9 Å². The second-order valence-electron chi connectivity index (χ2n) is 8.17. The van der Waals surface area contributed by atoms with E-state index in [-0.39, 0.29) is 11.8 Å². The van der Waals surface area contributed by atoms with Crippen LogP contribution in [-0.4, -0.2) is 39.6 Å². The molecule has 0 N–H and O–H groups in total. The summed E-state index contributed by atoms with van der Waals surface area (Å²) >= 11 is 0. The first-order chi connectivity index (χ1) is 12.8. The van der Waals surface area contributed by atoms with Gasteiger partial charge in [-0.25, -0.2) is 4.79 Å². The molecule has 2 aromatic rings. The van der Waals surface area contributed by atoms with Gasteiger partial charge in [-0.2, -0.15) is 4.99 Å². The highest BCUT2D eigenvalue weighted by Gasteiger charge is 2.27. The summed E-state index contributed by atoms with van der Waals surface area (Å²) in [6.45, 7) is 7.55. The molecule has 0 aromatic carbocycles. The molecule has 1 unspecified atom stereocenters. The molecule has 2 aromatic heterocycles. The predicted octanol–water partition coefficient (Wildman–Crippen LogP) is 4.33. The van der Waals surface area contributed by atoms with Gasteiger partial charge < -0.3 is 9.47 Å². The van der Waals surface area contributed by atoms with Crippen molar-refractivity contribution in [3.05, 3.63) is 23.7 Å². The van der Waals surface area contributed by atoms with Gasteiger partial charge in [0.2, 0.25) is 0 Å². The number of carbonyl (C=O) groups excluding carboxylic acids is 1. The molecule has 0 aliphatic heterocycles. The van der Waals surface area contributed by atoms with E-state index in [1.54, 1.807) is 13.3 Å². The molecule has 2 atom stereocenters. The van der Waals surface area contributed by atoms with Crippen LogP contribution in [0.2, 0.25) is 0 Å². The van der Waals surface area contributed by atoms with E-state index in [0.29, 0.717) is 0 Å². The summed E-state index contributed by atoms with van der Waals surface area (Å²) in [5.74, 6) is 2.28. The van der Waals surface area contributed by atoms with Crippen molar-refractivity contribution in [3.8, 4) is 5.75 Å². The normalized spacial score (nSPS) is 20.9. The van der Waals surface area contributed by atoms with E-state index in [1.165, 1.54) is 0 Å². The lowest BCUT2D eigenvalue weighted by Gasteiger charge is -2.26. The molecule has 7 heteroatoms. The third-order valence-electron chi connectivity index (χ3n) is 4.79. The third-order valence-corrected chi connectivity index (χ3v) is 4.79. The van der Waals surface area contributed by atoms with Crippen molar-refractivity contribution in [2.75, 3.05) is 7.11 Å². The second-order valence-corrected chi connectivity index (χ2v) is 8.17. The fourth-order valence-corrected chi connectivity index (χ4v) is 3.64. The van der Waals surface area contributed by atoms with E-state index in [1.807, 2.05) is 39.8 Å². The Bertz CT molecular complexity index is 851. The first-order valence-corrected chi connectivity index (χ1v) is 9.43. The standard InChI is InChI=1S/C20H28N4O3/c1-13-9-16(26-5)11-17-22-23-18(24(13)17)15-8-6-7-14(10-15)12-21-19(25)27-20(2,3)4/h9,11-12,14-15H,6-8,10H2,1-5H3/b21-12+/t14?,15-/m0/s1. The van der Waals surface area contributed by atoms with Crippen molar-refractivity contribution >= 4 is 18.0 Å². The molecule has 0 bridgehead atoms. The van der Waals surface area contributed by atoms with Gasteiger partial charge in [0.25, 0.3) is 0 Å². The molecule has 3 rings (SSSR count). The average molecular weight is 372 g/mol. The van der Waals surface area contributed by atoms with Gasteiger partial charge in [-0.05, 0) is 58.9 Å². The van der Waals surface area contributed by atoms with Gasteiger partial charge in [-0.3, -0.25) is 4.40 Å². The van der Waals surface area contributed by atoms with E-state index in [0.717, 1.165) is 48.6 Å². The highest BCUT2D eigenvalue weighted by atomic mass is 16.6. The number of rotatable bonds is 3. The Labute approximate surface area is 159 Å². The quantitative estimate of drug-likeness (QED) is 0.750. The molecule has 146 valence electrons. The number of aromatic nitrogens is 3. The molecule has 1 amide bonds. The Hall–Kier alpha value is -2.44. The number of carbonyl (C=O) groups is 1. The first kappa shape index (κ1) is 19.3. The second kappa shape index (κ2) is 7.66. The average Bonchev–Trinajstić information content (AvgIpc) is 3.03. The molecule has 1 saturated carbocycles. The number of aryl methyl sites for hydroxylation is 1. The molecule has 1 fully saturated rings. The molecular weight excluding hydrogens is 344 g/mol. The summed E-state index contributed by atoms with van der Waals surface area (Å²) < 4.78 is 12.7. The van der Waals surface area contributed by atoms with Crippen molar-refractivity contribution in [1.29, 1.82) is 0 Å². The lowest BCUT2D eigenvalue weighted by atomic mass is 9.81. The number of amides is 1. The van der Waals surface area contributed by atoms with Gasteiger partial charge in [0, 0.05) is 23.9 Å². The fourth-order valence-electron chi connectivity index (χ4n) is 3.64. The minimum absolute atomic E-state index is 0.238. The molecule has 7 nitrogen and oxygen atoms in total. The van der Waals surface area contributed by atoms with Crippen LogP contribution in [0.25, 0.3) is 5.65 Å². The van der Waals surface area contributed by atoms with Crippen LogP contribution < -0.4 is 4.74 Å². The number of aliphatic imine (C=N–C) groups is 1. The third kappa shape index (κ3) is 4.64. The van der Waals surface area contributed by atoms with Gasteiger partial charge in [0.05, 0.1) is 7.11 Å². The maximum Gasteiger partial charge on any atom is 0.433 e. The van der Waals surface area contributed by atoms with Crippen LogP contribution in [0.15, 0.2) is 17.1 Å². The van der Waals surface area contributed by atoms with E-state index >= 15 is 0 Å². The summed E-state index contributed by atoms with van der Waals surface area (Å²) in [4.78, 5) is 15.8. The maximum absolute atomic E-state index is 11.8. The summed E-state index contributed by atoms with van der Waals surface area (Å²) in [5, 5.41) is 8.78. The molecule has 0 saturated heterocycles. The lowest BCUT2D eigenvalue weighted by Crippen LogP contribution is -2.23. The molecule has 2 heterocycles. The Morgan fingerprint density at radius 1 is 1.30 bits per heavy atom. The van der Waals surface area contributed by atoms with E-state index in [9.17, 15) is 4.79 Å². The molecule has 1 aliphatic rings. The number of ether oxygens (including phenoxy) is 2. The molecule has 1 aliphatic carbocycles. The van der Waals surface area contributed by atoms with Crippen molar-refractivity contribution in [1.82, 2.24) is 14.6 Å². The van der Waals surface area contributed by atoms with Gasteiger partial charge in [-0.15, -0.1) is 10.2 Å². The highest BCUT2D eigenvalue weighted by molar-refractivity contribution is 5.80. The number of fused-ring (bicyclic) bond motifs is 1. The maximum atomic E-state index is 11.8. The minimum Gasteiger partial charge on any atom is -0.497 e. The molecular formula is C20H28N4O3. The Kier molecular flexibility index (Phi) is 5.48. The number of hydrogen-bond donors (Lipinski definition) is 0. The van der Waals surface area contributed by atoms with E-state index in [4.69, 9.17) is 9.47 Å². The van der Waals surface area contributed by atoms with Gasteiger partial charge in [0.1, 0.15) is 17.2 Å². The van der Waals surface area contributed by atoms with Gasteiger partial charge >= 0.3 is 6.09 Å². The Morgan fingerprint density at radius 3 is 2.78 bits per heavy atom. The van der Waals surface area contributed by atoms with Crippen LogP contribution in [0, 0.1) is 12.8 Å². The van der Waals surface area contributed by atoms with Crippen LogP contribution >= 0.6 is 0 Å². The van der Waals surface area contributed by atoms with Crippen molar-refractivity contribution in [3.63, 3.8) is 0 Å². The zero-order valence-electron chi connectivity index (χ0n) is 16.7. The lowest BCUT2D eigenvalue weighted by molar-refractivity contribution is 0.0604. The Balaban J connectivity index is 1.75. The minimum atomic E-state index is -0.527. The highest BCUT2D eigenvalue weighted by Crippen LogP contribution is 2.35. The van der Waals surface area contributed by atoms with Crippen molar-refractivity contribution in [2.24, 2.45) is 10.9 Å². The zero-order chi connectivity index (χ0) is 19.6. The molecule has 0 spiro atoms. The van der Waals surface area contributed by atoms with Crippen LogP contribution in [0.3, 0.4) is 0 Å². The monoisotopic (exact) mass is 372 g/mol. The smallest absolute Gasteiger partial charge is 0.433 e. The largest absolute Gasteiger partial charge is 0.497 e. The molecule has 0 radical (unpaired) electrons. The summed E-state index contributed by atoms with van der Waals surface area (Å²) in [6, 6.07) is 3.89. The number of hydrogen-bond acceptors (Lipinski definition) is 5. The summed E-state index contributed by atoms with van der Waals surface area (Å²) in [7, 11) is 1.65. The van der Waals surface area contributed by atoms with Crippen LogP contribution in [0.5, 0.6) is 5.75 Å². The fraction of sp³-hybridized carbons (Fsp3) is 0.600. The zero-order valence-corrected chi connectivity index (χ0v) is 16.7. The summed E-state index contributed by atoms with van der Waals surface area (Å²) in [6.07, 6.45) is 5.27. The predicted molar refractivity (Wildman–Crippen MR) is 104 cm³/mol.